The predicted molar refractivity (Wildman–Crippen MR) is 124 cm³/mol. The van der Waals surface area contributed by atoms with Crippen LogP contribution in [0.25, 0.3) is 11.2 Å². The lowest BCUT2D eigenvalue weighted by Gasteiger charge is -2.36. The highest BCUT2D eigenvalue weighted by Crippen LogP contribution is 2.30. The molecule has 0 radical (unpaired) electrons. The molecule has 1 amide bonds. The molecule has 0 N–H and O–H groups in total. The fourth-order valence-corrected chi connectivity index (χ4v) is 5.12. The first-order valence-electron chi connectivity index (χ1n) is 12.2. The van der Waals surface area contributed by atoms with Gasteiger partial charge in [-0.2, -0.15) is 0 Å². The van der Waals surface area contributed by atoms with Gasteiger partial charge in [-0.1, -0.05) is 34.1 Å². The quantitative estimate of drug-likeness (QED) is 0.701. The molecule has 1 saturated heterocycles. The van der Waals surface area contributed by atoms with Gasteiger partial charge in [-0.25, -0.2) is 15.0 Å². The van der Waals surface area contributed by atoms with E-state index < -0.39 is 0 Å². The van der Waals surface area contributed by atoms with Gasteiger partial charge in [0.1, 0.15) is 12.2 Å². The van der Waals surface area contributed by atoms with Crippen molar-refractivity contribution in [2.24, 2.45) is 17.8 Å². The van der Waals surface area contributed by atoms with E-state index >= 15 is 0 Å². The van der Waals surface area contributed by atoms with Crippen molar-refractivity contribution < 1.29 is 4.79 Å². The van der Waals surface area contributed by atoms with Crippen molar-refractivity contribution in [3.05, 3.63) is 12.2 Å². The molecule has 0 unspecified atom stereocenters. The van der Waals surface area contributed by atoms with E-state index in [0.717, 1.165) is 74.8 Å². The first-order chi connectivity index (χ1) is 14.9. The highest BCUT2D eigenvalue weighted by Gasteiger charge is 2.32. The van der Waals surface area contributed by atoms with E-state index in [1.807, 2.05) is 0 Å². The first-order valence-corrected chi connectivity index (χ1v) is 12.2. The monoisotopic (exact) mass is 426 g/mol. The molecule has 0 spiro atoms. The van der Waals surface area contributed by atoms with Gasteiger partial charge < -0.3 is 14.4 Å². The topological polar surface area (TPSA) is 67.2 Å². The van der Waals surface area contributed by atoms with Gasteiger partial charge >= 0.3 is 0 Å². The van der Waals surface area contributed by atoms with Gasteiger partial charge in [0.05, 0.1) is 5.92 Å². The van der Waals surface area contributed by atoms with Crippen molar-refractivity contribution >= 4 is 22.9 Å². The fourth-order valence-electron chi connectivity index (χ4n) is 5.12. The number of nitrogens with zero attached hydrogens (tertiary/aromatic N) is 6. The van der Waals surface area contributed by atoms with Crippen LogP contribution in [-0.4, -0.2) is 56.5 Å². The van der Waals surface area contributed by atoms with Gasteiger partial charge in [0, 0.05) is 39.1 Å². The molecular weight excluding hydrogens is 388 g/mol. The molecule has 0 saturated carbocycles. The Hall–Kier alpha value is -2.18. The molecule has 1 atom stereocenters. The van der Waals surface area contributed by atoms with Gasteiger partial charge in [-0.05, 0) is 37.5 Å². The highest BCUT2D eigenvalue weighted by atomic mass is 16.2. The van der Waals surface area contributed by atoms with Crippen molar-refractivity contribution in [2.45, 2.75) is 72.8 Å². The van der Waals surface area contributed by atoms with Crippen LogP contribution < -0.4 is 4.90 Å². The first kappa shape index (κ1) is 22.0. The van der Waals surface area contributed by atoms with Crippen LogP contribution in [0, 0.1) is 17.8 Å². The molecule has 7 heteroatoms. The smallest absolute Gasteiger partial charge is 0.227 e. The summed E-state index contributed by atoms with van der Waals surface area (Å²) in [7, 11) is 0. The van der Waals surface area contributed by atoms with E-state index in [2.05, 4.69) is 52.0 Å². The maximum absolute atomic E-state index is 13.5. The number of anilines is 1. The van der Waals surface area contributed by atoms with Crippen molar-refractivity contribution in [3.63, 3.8) is 0 Å². The Balaban J connectivity index is 1.57. The van der Waals surface area contributed by atoms with Crippen molar-refractivity contribution in [3.8, 4) is 0 Å². The third kappa shape index (κ3) is 4.85. The molecule has 170 valence electrons. The molecule has 2 aliphatic rings. The second-order valence-corrected chi connectivity index (χ2v) is 10.2. The lowest BCUT2D eigenvalue weighted by atomic mass is 9.95. The van der Waals surface area contributed by atoms with Crippen molar-refractivity contribution in [2.75, 3.05) is 31.1 Å². The molecule has 1 fully saturated rings. The zero-order valence-electron chi connectivity index (χ0n) is 19.7. The Kier molecular flexibility index (Phi) is 6.77. The second-order valence-electron chi connectivity index (χ2n) is 10.2. The number of aryl methyl sites for hydroxylation is 2. The van der Waals surface area contributed by atoms with Gasteiger partial charge in [0.15, 0.2) is 17.0 Å². The zero-order valence-corrected chi connectivity index (χ0v) is 19.7. The number of rotatable bonds is 6. The van der Waals surface area contributed by atoms with Crippen LogP contribution in [0.15, 0.2) is 6.33 Å². The van der Waals surface area contributed by atoms with E-state index in [0.29, 0.717) is 17.7 Å². The average Bonchev–Trinajstić information content (AvgIpc) is 2.93. The van der Waals surface area contributed by atoms with Gasteiger partial charge in [0.25, 0.3) is 0 Å². The third-order valence-electron chi connectivity index (χ3n) is 6.43. The summed E-state index contributed by atoms with van der Waals surface area (Å²) in [6, 6.07) is 0. The van der Waals surface area contributed by atoms with Crippen LogP contribution in [0.3, 0.4) is 0 Å². The minimum Gasteiger partial charge on any atom is -0.354 e. The number of piperidine rings is 1. The molecule has 31 heavy (non-hydrogen) atoms. The van der Waals surface area contributed by atoms with Crippen LogP contribution in [0.5, 0.6) is 0 Å². The summed E-state index contributed by atoms with van der Waals surface area (Å²) in [6.45, 7) is 13.1. The summed E-state index contributed by atoms with van der Waals surface area (Å²) in [6.07, 6.45) is 8.27. The lowest BCUT2D eigenvalue weighted by Crippen LogP contribution is -2.47. The van der Waals surface area contributed by atoms with Gasteiger partial charge in [0.2, 0.25) is 5.91 Å². The Labute approximate surface area is 186 Å². The number of carbonyl (C=O) groups is 1. The molecule has 2 aliphatic heterocycles. The molecule has 4 heterocycles. The fraction of sp³-hybridized carbons (Fsp3) is 0.750. The average molecular weight is 427 g/mol. The molecule has 7 nitrogen and oxygen atoms in total. The zero-order chi connectivity index (χ0) is 22.0. The van der Waals surface area contributed by atoms with E-state index in [9.17, 15) is 4.79 Å². The van der Waals surface area contributed by atoms with Gasteiger partial charge in [-0.15, -0.1) is 0 Å². The molecule has 0 aliphatic carbocycles. The summed E-state index contributed by atoms with van der Waals surface area (Å²) in [5, 5.41) is 0. The standard InChI is InChI=1S/C24H38N6O/c1-17(2)13-29(14-18(3)4)24(31)19-9-8-11-28(15-19)22-21-23(26-16-25-22)30-12-7-5-6-10-20(30)27-21/h16-19H,5-15H2,1-4H3/t19-/m0/s1. The van der Waals surface area contributed by atoms with Crippen LogP contribution >= 0.6 is 0 Å². The normalized spacial score (nSPS) is 19.7. The number of imidazole rings is 1. The summed E-state index contributed by atoms with van der Waals surface area (Å²) in [4.78, 5) is 32.0. The molecule has 0 bridgehead atoms. The van der Waals surface area contributed by atoms with Gasteiger partial charge in [-0.3, -0.25) is 4.79 Å². The number of aromatic nitrogens is 4. The number of hydrogen-bond donors (Lipinski definition) is 0. The molecular formula is C24H38N6O. The van der Waals surface area contributed by atoms with E-state index in [4.69, 9.17) is 4.98 Å². The predicted octanol–water partition coefficient (Wildman–Crippen LogP) is 3.91. The van der Waals surface area contributed by atoms with Crippen LogP contribution in [0.2, 0.25) is 0 Å². The molecule has 4 rings (SSSR count). The van der Waals surface area contributed by atoms with Crippen LogP contribution in [0.4, 0.5) is 5.82 Å². The van der Waals surface area contributed by atoms with E-state index in [1.165, 1.54) is 19.3 Å². The number of amides is 1. The largest absolute Gasteiger partial charge is 0.354 e. The van der Waals surface area contributed by atoms with Crippen LogP contribution in [-0.2, 0) is 17.8 Å². The number of fused-ring (bicyclic) bond motifs is 3. The summed E-state index contributed by atoms with van der Waals surface area (Å²) in [5.74, 6) is 3.32. The summed E-state index contributed by atoms with van der Waals surface area (Å²) in [5.41, 5.74) is 1.87. The Bertz CT molecular complexity index is 895. The summed E-state index contributed by atoms with van der Waals surface area (Å²) < 4.78 is 2.28. The maximum atomic E-state index is 13.5. The Morgan fingerprint density at radius 2 is 1.84 bits per heavy atom. The maximum Gasteiger partial charge on any atom is 0.227 e. The lowest BCUT2D eigenvalue weighted by molar-refractivity contribution is -0.136. The Morgan fingerprint density at radius 3 is 2.58 bits per heavy atom. The molecule has 2 aromatic heterocycles. The minimum atomic E-state index is 0.0247. The molecule has 0 aromatic carbocycles. The summed E-state index contributed by atoms with van der Waals surface area (Å²) >= 11 is 0. The van der Waals surface area contributed by atoms with Crippen LogP contribution in [0.1, 0.15) is 65.6 Å². The third-order valence-corrected chi connectivity index (χ3v) is 6.43. The van der Waals surface area contributed by atoms with Crippen molar-refractivity contribution in [1.82, 2.24) is 24.4 Å². The number of hydrogen-bond acceptors (Lipinski definition) is 5. The Morgan fingerprint density at radius 1 is 1.06 bits per heavy atom. The number of carbonyl (C=O) groups excluding carboxylic acids is 1. The molecule has 2 aromatic rings. The second kappa shape index (κ2) is 9.53. The highest BCUT2D eigenvalue weighted by molar-refractivity contribution is 5.85. The minimum absolute atomic E-state index is 0.0247. The van der Waals surface area contributed by atoms with E-state index in [1.54, 1.807) is 6.33 Å². The SMILES string of the molecule is CC(C)CN(CC(C)C)C(=O)[C@H]1CCCN(c2ncnc3c2nc2n3CCCCC2)C1. The van der Waals surface area contributed by atoms with E-state index in [-0.39, 0.29) is 5.92 Å². The van der Waals surface area contributed by atoms with Crippen molar-refractivity contribution in [1.29, 1.82) is 0 Å².